The summed E-state index contributed by atoms with van der Waals surface area (Å²) in [6.07, 6.45) is 8.31. The molecule has 8 nitrogen and oxygen atoms in total. The van der Waals surface area contributed by atoms with Crippen LogP contribution < -0.4 is 15.4 Å². The summed E-state index contributed by atoms with van der Waals surface area (Å²) >= 11 is 0. The number of fused-ring (bicyclic) bond motifs is 1. The monoisotopic (exact) mass is 407 g/mol. The number of nitrogens with zero attached hydrogens (tertiary/aromatic N) is 3. The van der Waals surface area contributed by atoms with Gasteiger partial charge in [0.25, 0.3) is 0 Å². The number of amides is 2. The van der Waals surface area contributed by atoms with Gasteiger partial charge >= 0.3 is 6.03 Å². The lowest BCUT2D eigenvalue weighted by Crippen LogP contribution is -2.37. The Morgan fingerprint density at radius 2 is 1.90 bits per heavy atom. The molecule has 2 amide bonds. The second-order valence-electron chi connectivity index (χ2n) is 7.47. The van der Waals surface area contributed by atoms with Gasteiger partial charge in [0.15, 0.2) is 23.0 Å². The molecule has 0 spiro atoms. The van der Waals surface area contributed by atoms with Gasteiger partial charge in [-0.15, -0.1) is 0 Å². The van der Waals surface area contributed by atoms with Crippen LogP contribution in [0.1, 0.15) is 38.5 Å². The fraction of sp³-hybridized carbons (Fsp3) is 0.364. The van der Waals surface area contributed by atoms with E-state index in [1.807, 2.05) is 12.1 Å². The normalized spacial score (nSPS) is 14.8. The Labute approximate surface area is 174 Å². The van der Waals surface area contributed by atoms with E-state index in [1.54, 1.807) is 18.2 Å². The minimum Gasteiger partial charge on any atom is -0.504 e. The highest BCUT2D eigenvalue weighted by molar-refractivity contribution is 5.89. The minimum atomic E-state index is -0.269. The van der Waals surface area contributed by atoms with Crippen molar-refractivity contribution in [2.75, 3.05) is 12.4 Å². The number of anilines is 1. The number of rotatable bonds is 4. The van der Waals surface area contributed by atoms with Crippen LogP contribution in [0.15, 0.2) is 36.5 Å². The maximum Gasteiger partial charge on any atom is 0.320 e. The van der Waals surface area contributed by atoms with Crippen molar-refractivity contribution in [1.29, 1.82) is 0 Å². The molecule has 0 atom stereocenters. The third-order valence-corrected chi connectivity index (χ3v) is 5.31. The number of carbonyl (C=O) groups excluding carboxylic acids is 1. The molecule has 3 aromatic rings. The highest BCUT2D eigenvalue weighted by Crippen LogP contribution is 2.31. The Hall–Kier alpha value is -3.42. The van der Waals surface area contributed by atoms with Gasteiger partial charge < -0.3 is 15.2 Å². The molecule has 2 aromatic heterocycles. The number of pyridine rings is 1. The summed E-state index contributed by atoms with van der Waals surface area (Å²) in [4.78, 5) is 25.7. The van der Waals surface area contributed by atoms with E-state index >= 15 is 0 Å². The highest BCUT2D eigenvalue weighted by Gasteiger charge is 2.15. The quantitative estimate of drug-likeness (QED) is 0.558. The first kappa shape index (κ1) is 19.9. The summed E-state index contributed by atoms with van der Waals surface area (Å²) < 4.78 is 5.17. The van der Waals surface area contributed by atoms with Crippen molar-refractivity contribution < 1.29 is 14.6 Å². The largest absolute Gasteiger partial charge is 0.504 e. The number of aromatic hydroxyl groups is 1. The van der Waals surface area contributed by atoms with Gasteiger partial charge in [0.2, 0.25) is 0 Å². The van der Waals surface area contributed by atoms with Crippen LogP contribution in [0.5, 0.6) is 11.5 Å². The summed E-state index contributed by atoms with van der Waals surface area (Å²) in [6, 6.07) is 8.60. The van der Waals surface area contributed by atoms with Gasteiger partial charge in [-0.1, -0.05) is 25.7 Å². The Morgan fingerprint density at radius 3 is 2.67 bits per heavy atom. The van der Waals surface area contributed by atoms with E-state index in [0.29, 0.717) is 28.4 Å². The van der Waals surface area contributed by atoms with Crippen LogP contribution in [0.4, 0.5) is 10.6 Å². The SMILES string of the molecule is COc1cc(-c2ccc3ncc(NC(=O)NC4CCCCCC4)nc3n2)ccc1O. The Bertz CT molecular complexity index is 1050. The molecule has 1 fully saturated rings. The van der Waals surface area contributed by atoms with Crippen LogP contribution >= 0.6 is 0 Å². The van der Waals surface area contributed by atoms with Gasteiger partial charge in [0, 0.05) is 11.6 Å². The van der Waals surface area contributed by atoms with E-state index in [9.17, 15) is 9.90 Å². The summed E-state index contributed by atoms with van der Waals surface area (Å²) in [5.41, 5.74) is 2.49. The van der Waals surface area contributed by atoms with E-state index in [-0.39, 0.29) is 17.8 Å². The molecule has 0 aliphatic heterocycles. The first-order valence-electron chi connectivity index (χ1n) is 10.2. The fourth-order valence-corrected chi connectivity index (χ4v) is 3.72. The van der Waals surface area contributed by atoms with Gasteiger partial charge in [-0.2, -0.15) is 0 Å². The lowest BCUT2D eigenvalue weighted by atomic mass is 10.1. The molecular formula is C22H25N5O3. The Morgan fingerprint density at radius 1 is 1.10 bits per heavy atom. The average Bonchev–Trinajstić information content (AvgIpc) is 3.02. The van der Waals surface area contributed by atoms with Crippen molar-refractivity contribution in [1.82, 2.24) is 20.3 Å². The van der Waals surface area contributed by atoms with Crippen LogP contribution in [0, 0.1) is 0 Å². The van der Waals surface area contributed by atoms with E-state index in [4.69, 9.17) is 4.74 Å². The number of hydrogen-bond acceptors (Lipinski definition) is 6. The second-order valence-corrected chi connectivity index (χ2v) is 7.47. The van der Waals surface area contributed by atoms with Gasteiger partial charge in [0.05, 0.1) is 19.0 Å². The predicted molar refractivity (Wildman–Crippen MR) is 115 cm³/mol. The lowest BCUT2D eigenvalue weighted by molar-refractivity contribution is 0.247. The Kier molecular flexibility index (Phi) is 5.92. The summed E-state index contributed by atoms with van der Waals surface area (Å²) in [5.74, 6) is 0.778. The number of urea groups is 1. The van der Waals surface area contributed by atoms with Crippen molar-refractivity contribution >= 4 is 23.0 Å². The van der Waals surface area contributed by atoms with E-state index in [2.05, 4.69) is 25.6 Å². The summed E-state index contributed by atoms with van der Waals surface area (Å²) in [6.45, 7) is 0. The molecule has 2 heterocycles. The zero-order chi connectivity index (χ0) is 20.9. The number of nitrogens with one attached hydrogen (secondary N) is 2. The molecule has 1 aromatic carbocycles. The zero-order valence-electron chi connectivity index (χ0n) is 16.9. The number of phenols is 1. The average molecular weight is 407 g/mol. The zero-order valence-corrected chi connectivity index (χ0v) is 16.9. The van der Waals surface area contributed by atoms with Crippen molar-refractivity contribution in [3.8, 4) is 22.8 Å². The number of benzene rings is 1. The number of phenolic OH excluding ortho intramolecular Hbond substituents is 1. The van der Waals surface area contributed by atoms with Gasteiger partial charge in [-0.25, -0.2) is 19.7 Å². The molecule has 0 saturated heterocycles. The van der Waals surface area contributed by atoms with Gasteiger partial charge in [-0.3, -0.25) is 5.32 Å². The fourth-order valence-electron chi connectivity index (χ4n) is 3.72. The van der Waals surface area contributed by atoms with Crippen LogP contribution in [0.2, 0.25) is 0 Å². The predicted octanol–water partition coefficient (Wildman–Crippen LogP) is 4.25. The van der Waals surface area contributed by atoms with Crippen LogP contribution in [-0.4, -0.2) is 39.2 Å². The molecule has 4 rings (SSSR count). The maximum absolute atomic E-state index is 12.4. The maximum atomic E-state index is 12.4. The number of methoxy groups -OCH3 is 1. The molecule has 1 saturated carbocycles. The number of carbonyl (C=O) groups is 1. The van der Waals surface area contributed by atoms with Crippen LogP contribution in [0.25, 0.3) is 22.4 Å². The molecule has 0 radical (unpaired) electrons. The van der Waals surface area contributed by atoms with Crippen molar-refractivity contribution in [3.05, 3.63) is 36.5 Å². The molecule has 0 bridgehead atoms. The molecule has 1 aliphatic rings. The molecule has 1 aliphatic carbocycles. The number of aromatic nitrogens is 3. The molecule has 8 heteroatoms. The summed E-state index contributed by atoms with van der Waals surface area (Å²) in [7, 11) is 1.50. The van der Waals surface area contributed by atoms with Gasteiger partial charge in [0.1, 0.15) is 5.52 Å². The molecule has 156 valence electrons. The number of hydrogen-bond donors (Lipinski definition) is 3. The first-order chi connectivity index (χ1) is 14.6. The van der Waals surface area contributed by atoms with Crippen molar-refractivity contribution in [2.24, 2.45) is 0 Å². The van der Waals surface area contributed by atoms with E-state index in [0.717, 1.165) is 31.2 Å². The molecule has 3 N–H and O–H groups in total. The number of ether oxygens (including phenoxy) is 1. The van der Waals surface area contributed by atoms with Gasteiger partial charge in [-0.05, 0) is 43.2 Å². The first-order valence-corrected chi connectivity index (χ1v) is 10.2. The molecule has 0 unspecified atom stereocenters. The van der Waals surface area contributed by atoms with Crippen LogP contribution in [0.3, 0.4) is 0 Å². The third-order valence-electron chi connectivity index (χ3n) is 5.31. The Balaban J connectivity index is 1.52. The standard InChI is InChI=1S/C22H25N5O3/c1-30-19-12-14(8-11-18(19)28)16-9-10-17-21(25-16)26-20(13-23-17)27-22(29)24-15-6-4-2-3-5-7-15/h8-13,15,28H,2-7H2,1H3,(H2,24,25,26,27,29). The smallest absolute Gasteiger partial charge is 0.320 e. The third kappa shape index (κ3) is 4.59. The topological polar surface area (TPSA) is 109 Å². The summed E-state index contributed by atoms with van der Waals surface area (Å²) in [5, 5.41) is 15.6. The second kappa shape index (κ2) is 8.94. The molecule has 30 heavy (non-hydrogen) atoms. The van der Waals surface area contributed by atoms with E-state index < -0.39 is 0 Å². The van der Waals surface area contributed by atoms with Crippen molar-refractivity contribution in [3.63, 3.8) is 0 Å². The van der Waals surface area contributed by atoms with Crippen molar-refractivity contribution in [2.45, 2.75) is 44.6 Å². The highest BCUT2D eigenvalue weighted by atomic mass is 16.5. The minimum absolute atomic E-state index is 0.0630. The molecular weight excluding hydrogens is 382 g/mol. The van der Waals surface area contributed by atoms with E-state index in [1.165, 1.54) is 26.1 Å². The van der Waals surface area contributed by atoms with Crippen LogP contribution in [-0.2, 0) is 0 Å². The lowest BCUT2D eigenvalue weighted by Gasteiger charge is -2.16.